The maximum Gasteiger partial charge on any atom is 0.391 e. The fraction of sp³-hybridized carbons (Fsp3) is 0.429. The number of aromatic hydroxyl groups is 2. The number of phenols is 2. The average Bonchev–Trinajstić information content (AvgIpc) is 2.66. The fourth-order valence-corrected chi connectivity index (χ4v) is 3.99. The van der Waals surface area contributed by atoms with Crippen LogP contribution < -0.4 is 4.52 Å². The SMILES string of the molecule is CC(C)(C)c1cc(C(C)(C)C)c2cc(OP(O)O)c(C(C)(C)C)cc2c1.Oc1ccccc1O. The molecule has 3 rings (SSSR count). The molecule has 0 aliphatic heterocycles. The Morgan fingerprint density at radius 3 is 1.53 bits per heavy atom. The molecule has 0 saturated carbocycles. The van der Waals surface area contributed by atoms with E-state index in [4.69, 9.17) is 14.7 Å². The fourth-order valence-electron chi connectivity index (χ4n) is 3.66. The third kappa shape index (κ3) is 7.09. The summed E-state index contributed by atoms with van der Waals surface area (Å²) >= 11 is 0. The molecule has 0 aliphatic rings. The van der Waals surface area contributed by atoms with Crippen molar-refractivity contribution in [1.29, 1.82) is 0 Å². The van der Waals surface area contributed by atoms with Crippen LogP contribution in [0.25, 0.3) is 10.8 Å². The van der Waals surface area contributed by atoms with Crippen LogP contribution in [0.15, 0.2) is 48.5 Å². The molecule has 0 amide bonds. The number of benzene rings is 3. The first kappa shape index (κ1) is 27.9. The van der Waals surface area contributed by atoms with Crippen LogP contribution in [0.4, 0.5) is 0 Å². The Morgan fingerprint density at radius 2 is 1.15 bits per heavy atom. The number of hydrogen-bond acceptors (Lipinski definition) is 5. The number of para-hydroxylation sites is 2. The van der Waals surface area contributed by atoms with Gasteiger partial charge < -0.3 is 24.5 Å². The molecular formula is C28H39O5P. The molecule has 0 aliphatic carbocycles. The van der Waals surface area contributed by atoms with Crippen molar-refractivity contribution in [2.45, 2.75) is 78.6 Å². The number of rotatable bonds is 2. The Hall–Kier alpha value is -2.33. The van der Waals surface area contributed by atoms with E-state index < -0.39 is 8.60 Å². The quantitative estimate of drug-likeness (QED) is 0.223. The molecule has 5 nitrogen and oxygen atoms in total. The van der Waals surface area contributed by atoms with E-state index in [0.29, 0.717) is 5.75 Å². The third-order valence-corrected chi connectivity index (χ3v) is 5.96. The highest BCUT2D eigenvalue weighted by atomic mass is 31.2. The second-order valence-corrected chi connectivity index (χ2v) is 12.4. The van der Waals surface area contributed by atoms with Crippen molar-refractivity contribution < 1.29 is 24.5 Å². The molecule has 0 heterocycles. The number of fused-ring (bicyclic) bond motifs is 1. The molecule has 0 saturated heterocycles. The zero-order valence-electron chi connectivity index (χ0n) is 21.8. The van der Waals surface area contributed by atoms with Gasteiger partial charge >= 0.3 is 8.60 Å². The zero-order valence-corrected chi connectivity index (χ0v) is 22.7. The van der Waals surface area contributed by atoms with Gasteiger partial charge in [0.05, 0.1) is 0 Å². The molecule has 0 fully saturated rings. The molecule has 0 radical (unpaired) electrons. The van der Waals surface area contributed by atoms with E-state index in [1.54, 1.807) is 12.1 Å². The van der Waals surface area contributed by atoms with Crippen LogP contribution >= 0.6 is 8.60 Å². The highest BCUT2D eigenvalue weighted by molar-refractivity contribution is 7.39. The largest absolute Gasteiger partial charge is 0.504 e. The lowest BCUT2D eigenvalue weighted by Crippen LogP contribution is -2.18. The Morgan fingerprint density at radius 1 is 0.647 bits per heavy atom. The summed E-state index contributed by atoms with van der Waals surface area (Å²) in [5.74, 6) is 0.398. The average molecular weight is 487 g/mol. The molecule has 3 aromatic rings. The van der Waals surface area contributed by atoms with Crippen molar-refractivity contribution in [2.24, 2.45) is 0 Å². The highest BCUT2D eigenvalue weighted by Gasteiger charge is 2.26. The van der Waals surface area contributed by atoms with Crippen LogP contribution in [0.2, 0.25) is 0 Å². The van der Waals surface area contributed by atoms with E-state index in [1.165, 1.54) is 28.6 Å². The Bertz CT molecular complexity index is 1110. The summed E-state index contributed by atoms with van der Waals surface area (Å²) in [5.41, 5.74) is 3.36. The van der Waals surface area contributed by atoms with Crippen LogP contribution in [-0.2, 0) is 16.2 Å². The predicted molar refractivity (Wildman–Crippen MR) is 142 cm³/mol. The normalized spacial score (nSPS) is 12.5. The van der Waals surface area contributed by atoms with Gasteiger partial charge in [0.2, 0.25) is 0 Å². The van der Waals surface area contributed by atoms with Gasteiger partial charge in [-0.1, -0.05) is 86.6 Å². The van der Waals surface area contributed by atoms with Crippen LogP contribution in [0.3, 0.4) is 0 Å². The molecule has 4 N–H and O–H groups in total. The molecule has 34 heavy (non-hydrogen) atoms. The van der Waals surface area contributed by atoms with Crippen molar-refractivity contribution in [3.05, 3.63) is 65.2 Å². The minimum Gasteiger partial charge on any atom is -0.504 e. The van der Waals surface area contributed by atoms with Crippen LogP contribution in [0, 0.1) is 0 Å². The van der Waals surface area contributed by atoms with E-state index in [-0.39, 0.29) is 27.7 Å². The van der Waals surface area contributed by atoms with Gasteiger partial charge in [0.15, 0.2) is 11.5 Å². The first-order chi connectivity index (χ1) is 15.4. The van der Waals surface area contributed by atoms with Crippen molar-refractivity contribution in [2.75, 3.05) is 0 Å². The molecule has 6 heteroatoms. The standard InChI is InChI=1S/C22H33O3P.C6H6O2/c1-20(2,3)15-10-14-11-18(22(7,8)9)19(25-26(23)24)13-16(14)17(12-15)21(4,5)6;7-5-3-1-2-4-6(5)8/h10-13,23-24H,1-9H3;1-4,7-8H. The molecule has 0 unspecified atom stereocenters. The smallest absolute Gasteiger partial charge is 0.391 e. The predicted octanol–water partition coefficient (Wildman–Crippen LogP) is 7.42. The van der Waals surface area contributed by atoms with Crippen molar-refractivity contribution >= 4 is 19.4 Å². The first-order valence-electron chi connectivity index (χ1n) is 11.4. The Balaban J connectivity index is 0.000000430. The second-order valence-electron chi connectivity index (χ2n) is 11.7. The Kier molecular flexibility index (Phi) is 8.30. The van der Waals surface area contributed by atoms with Gasteiger partial charge in [-0.05, 0) is 62.4 Å². The van der Waals surface area contributed by atoms with Gasteiger partial charge in [0.1, 0.15) is 5.75 Å². The minimum atomic E-state index is -2.46. The van der Waals surface area contributed by atoms with E-state index in [1.807, 2.05) is 6.07 Å². The lowest BCUT2D eigenvalue weighted by Gasteiger charge is -2.29. The topological polar surface area (TPSA) is 90.2 Å². The van der Waals surface area contributed by atoms with Crippen molar-refractivity contribution in [3.8, 4) is 17.2 Å². The zero-order chi connectivity index (χ0) is 26.1. The molecular weight excluding hydrogens is 447 g/mol. The summed E-state index contributed by atoms with van der Waals surface area (Å²) < 4.78 is 5.42. The summed E-state index contributed by atoms with van der Waals surface area (Å²) in [6, 6.07) is 14.8. The Labute approximate surface area is 205 Å². The van der Waals surface area contributed by atoms with E-state index >= 15 is 0 Å². The monoisotopic (exact) mass is 486 g/mol. The molecule has 3 aromatic carbocycles. The summed E-state index contributed by atoms with van der Waals surface area (Å²) in [7, 11) is -2.46. The molecule has 186 valence electrons. The molecule has 0 atom stereocenters. The lowest BCUT2D eigenvalue weighted by atomic mass is 9.76. The summed E-state index contributed by atoms with van der Waals surface area (Å²) in [6.07, 6.45) is 0. The number of phenolic OH excluding ortho intramolecular Hbond substituents is 2. The molecule has 0 spiro atoms. The van der Waals surface area contributed by atoms with E-state index in [2.05, 4.69) is 80.5 Å². The van der Waals surface area contributed by atoms with Crippen molar-refractivity contribution in [3.63, 3.8) is 0 Å². The van der Waals surface area contributed by atoms with Crippen LogP contribution in [-0.4, -0.2) is 20.0 Å². The van der Waals surface area contributed by atoms with E-state index in [0.717, 1.165) is 10.9 Å². The van der Waals surface area contributed by atoms with Gasteiger partial charge in [0, 0.05) is 5.56 Å². The van der Waals surface area contributed by atoms with Gasteiger partial charge in [-0.25, -0.2) is 0 Å². The van der Waals surface area contributed by atoms with Gasteiger partial charge in [0.25, 0.3) is 0 Å². The highest BCUT2D eigenvalue weighted by Crippen LogP contribution is 2.43. The van der Waals surface area contributed by atoms with E-state index in [9.17, 15) is 9.79 Å². The van der Waals surface area contributed by atoms with Gasteiger partial charge in [-0.3, -0.25) is 0 Å². The summed E-state index contributed by atoms with van der Waals surface area (Å²) in [5, 5.41) is 19.6. The third-order valence-electron chi connectivity index (χ3n) is 5.60. The second kappa shape index (κ2) is 10.1. The summed E-state index contributed by atoms with van der Waals surface area (Å²) in [4.78, 5) is 18.9. The maximum absolute atomic E-state index is 9.45. The minimum absolute atomic E-state index is 0.0385. The van der Waals surface area contributed by atoms with Crippen LogP contribution in [0.1, 0.15) is 79.0 Å². The van der Waals surface area contributed by atoms with Gasteiger partial charge in [-0.15, -0.1) is 0 Å². The lowest BCUT2D eigenvalue weighted by molar-refractivity contribution is 0.370. The summed E-state index contributed by atoms with van der Waals surface area (Å²) in [6.45, 7) is 19.6. The molecule has 0 bridgehead atoms. The number of hydrogen-bond donors (Lipinski definition) is 4. The van der Waals surface area contributed by atoms with Gasteiger partial charge in [-0.2, -0.15) is 0 Å². The maximum atomic E-state index is 9.45. The van der Waals surface area contributed by atoms with Crippen LogP contribution in [0.5, 0.6) is 17.2 Å². The first-order valence-corrected chi connectivity index (χ1v) is 12.5. The van der Waals surface area contributed by atoms with Crippen molar-refractivity contribution in [1.82, 2.24) is 0 Å². The molecule has 0 aromatic heterocycles.